The quantitative estimate of drug-likeness (QED) is 0.825. The van der Waals surface area contributed by atoms with E-state index in [1.165, 1.54) is 0 Å². The molecule has 2 N–H and O–H groups in total. The number of carboxylic acids is 1. The highest BCUT2D eigenvalue weighted by atomic mass is 16.5. The van der Waals surface area contributed by atoms with Crippen LogP contribution < -0.4 is 4.74 Å². The Morgan fingerprint density at radius 2 is 2.12 bits per heavy atom. The van der Waals surface area contributed by atoms with Gasteiger partial charge >= 0.3 is 5.97 Å². The second-order valence-electron chi connectivity index (χ2n) is 3.40. The van der Waals surface area contributed by atoms with Crippen LogP contribution in [-0.4, -0.2) is 33.4 Å². The average Bonchev–Trinajstić information content (AvgIpc) is 2.77. The molecule has 0 radical (unpaired) electrons. The van der Waals surface area contributed by atoms with E-state index in [-0.39, 0.29) is 6.42 Å². The van der Waals surface area contributed by atoms with Crippen LogP contribution in [0.2, 0.25) is 0 Å². The smallest absolute Gasteiger partial charge is 0.311 e. The lowest BCUT2D eigenvalue weighted by atomic mass is 10.2. The van der Waals surface area contributed by atoms with Gasteiger partial charge in [0.05, 0.1) is 7.11 Å². The van der Waals surface area contributed by atoms with Crippen molar-refractivity contribution in [3.8, 4) is 17.1 Å². The number of aromatic nitrogens is 3. The van der Waals surface area contributed by atoms with Crippen molar-refractivity contribution in [3.05, 3.63) is 30.1 Å². The van der Waals surface area contributed by atoms with Crippen molar-refractivity contribution in [1.29, 1.82) is 0 Å². The molecule has 0 saturated heterocycles. The molecule has 2 rings (SSSR count). The van der Waals surface area contributed by atoms with E-state index >= 15 is 0 Å². The fourth-order valence-corrected chi connectivity index (χ4v) is 1.39. The number of aliphatic carboxylic acids is 1. The van der Waals surface area contributed by atoms with E-state index in [1.54, 1.807) is 19.2 Å². The van der Waals surface area contributed by atoms with Gasteiger partial charge in [0.15, 0.2) is 5.82 Å². The number of carbonyl (C=O) groups is 1. The second kappa shape index (κ2) is 4.65. The molecule has 0 aliphatic heterocycles. The zero-order valence-corrected chi connectivity index (χ0v) is 9.17. The standard InChI is InChI=1S/C11H11N3O3/c1-17-8-4-2-7(3-5-8)11-12-9(13-14-11)6-10(15)16/h2-5H,6H2,1H3,(H,15,16)(H,12,13,14). The van der Waals surface area contributed by atoms with Gasteiger partial charge in [-0.2, -0.15) is 5.10 Å². The molecule has 0 aliphatic carbocycles. The summed E-state index contributed by atoms with van der Waals surface area (Å²) in [6.07, 6.45) is -0.164. The van der Waals surface area contributed by atoms with Gasteiger partial charge in [-0.3, -0.25) is 9.89 Å². The van der Waals surface area contributed by atoms with Crippen LogP contribution in [0, 0.1) is 0 Å². The highest BCUT2D eigenvalue weighted by molar-refractivity contribution is 5.69. The van der Waals surface area contributed by atoms with Gasteiger partial charge < -0.3 is 9.84 Å². The van der Waals surface area contributed by atoms with Crippen molar-refractivity contribution >= 4 is 5.97 Å². The average molecular weight is 233 g/mol. The topological polar surface area (TPSA) is 88.1 Å². The Morgan fingerprint density at radius 3 is 2.71 bits per heavy atom. The lowest BCUT2D eigenvalue weighted by Crippen LogP contribution is -2.01. The Hall–Kier alpha value is -2.37. The Morgan fingerprint density at radius 1 is 1.41 bits per heavy atom. The summed E-state index contributed by atoms with van der Waals surface area (Å²) in [4.78, 5) is 14.6. The van der Waals surface area contributed by atoms with E-state index < -0.39 is 5.97 Å². The Bertz CT molecular complexity index is 519. The van der Waals surface area contributed by atoms with E-state index in [0.717, 1.165) is 11.3 Å². The molecule has 6 heteroatoms. The minimum Gasteiger partial charge on any atom is -0.497 e. The predicted octanol–water partition coefficient (Wildman–Crippen LogP) is 1.11. The first kappa shape index (κ1) is 11.1. The fourth-order valence-electron chi connectivity index (χ4n) is 1.39. The molecule has 17 heavy (non-hydrogen) atoms. The van der Waals surface area contributed by atoms with Crippen molar-refractivity contribution in [3.63, 3.8) is 0 Å². The summed E-state index contributed by atoms with van der Waals surface area (Å²) in [6, 6.07) is 7.21. The summed E-state index contributed by atoms with van der Waals surface area (Å²) in [5.41, 5.74) is 0.804. The van der Waals surface area contributed by atoms with Gasteiger partial charge in [-0.1, -0.05) is 0 Å². The summed E-state index contributed by atoms with van der Waals surface area (Å²) in [5.74, 6) is 0.615. The van der Waals surface area contributed by atoms with Gasteiger partial charge in [-0.15, -0.1) is 0 Å². The number of aromatic amines is 1. The lowest BCUT2D eigenvalue weighted by molar-refractivity contribution is -0.136. The molecule has 2 aromatic rings. The third kappa shape index (κ3) is 2.60. The summed E-state index contributed by atoms with van der Waals surface area (Å²) in [7, 11) is 1.59. The molecule has 0 fully saturated rings. The van der Waals surface area contributed by atoms with E-state index in [9.17, 15) is 4.79 Å². The maximum atomic E-state index is 10.5. The number of carboxylic acid groups (broad SMARTS) is 1. The summed E-state index contributed by atoms with van der Waals surface area (Å²) >= 11 is 0. The van der Waals surface area contributed by atoms with E-state index in [1.807, 2.05) is 12.1 Å². The number of nitrogens with zero attached hydrogens (tertiary/aromatic N) is 2. The number of hydrogen-bond donors (Lipinski definition) is 2. The molecule has 0 unspecified atom stereocenters. The van der Waals surface area contributed by atoms with Crippen LogP contribution in [0.1, 0.15) is 5.82 Å². The van der Waals surface area contributed by atoms with Gasteiger partial charge in [0, 0.05) is 5.56 Å². The summed E-state index contributed by atoms with van der Waals surface area (Å²) < 4.78 is 5.04. The molecule has 6 nitrogen and oxygen atoms in total. The van der Waals surface area contributed by atoms with Crippen LogP contribution in [0.5, 0.6) is 5.75 Å². The van der Waals surface area contributed by atoms with Crippen LogP contribution in [0.4, 0.5) is 0 Å². The largest absolute Gasteiger partial charge is 0.497 e. The molecule has 0 atom stereocenters. The first-order valence-corrected chi connectivity index (χ1v) is 4.96. The number of rotatable bonds is 4. The van der Waals surface area contributed by atoms with Crippen molar-refractivity contribution < 1.29 is 14.6 Å². The van der Waals surface area contributed by atoms with Crippen LogP contribution >= 0.6 is 0 Å². The highest BCUT2D eigenvalue weighted by Gasteiger charge is 2.08. The van der Waals surface area contributed by atoms with Gasteiger partial charge in [0.25, 0.3) is 0 Å². The van der Waals surface area contributed by atoms with E-state index in [0.29, 0.717) is 11.6 Å². The maximum Gasteiger partial charge on any atom is 0.311 e. The third-order valence-corrected chi connectivity index (χ3v) is 2.20. The van der Waals surface area contributed by atoms with Gasteiger partial charge in [-0.25, -0.2) is 4.98 Å². The first-order valence-electron chi connectivity index (χ1n) is 4.96. The molecule has 1 aromatic heterocycles. The van der Waals surface area contributed by atoms with Crippen LogP contribution in [0.15, 0.2) is 24.3 Å². The number of hydrogen-bond acceptors (Lipinski definition) is 4. The van der Waals surface area contributed by atoms with Crippen molar-refractivity contribution in [2.24, 2.45) is 0 Å². The Kier molecular flexibility index (Phi) is 3.04. The number of nitrogens with one attached hydrogen (secondary N) is 1. The normalized spacial score (nSPS) is 10.2. The lowest BCUT2D eigenvalue weighted by Gasteiger charge is -1.99. The minimum atomic E-state index is -0.942. The third-order valence-electron chi connectivity index (χ3n) is 2.20. The molecule has 0 saturated carbocycles. The van der Waals surface area contributed by atoms with Crippen molar-refractivity contribution in [2.75, 3.05) is 7.11 Å². The first-order chi connectivity index (χ1) is 8.19. The van der Waals surface area contributed by atoms with Crippen LogP contribution in [0.3, 0.4) is 0 Å². The maximum absolute atomic E-state index is 10.5. The molecular weight excluding hydrogens is 222 g/mol. The molecule has 88 valence electrons. The van der Waals surface area contributed by atoms with Crippen LogP contribution in [0.25, 0.3) is 11.4 Å². The summed E-state index contributed by atoms with van der Waals surface area (Å²) in [5, 5.41) is 15.2. The molecule has 1 heterocycles. The second-order valence-corrected chi connectivity index (χ2v) is 3.40. The zero-order valence-electron chi connectivity index (χ0n) is 9.17. The molecule has 0 aliphatic rings. The Balaban J connectivity index is 2.21. The monoisotopic (exact) mass is 233 g/mol. The number of benzene rings is 1. The number of methoxy groups -OCH3 is 1. The van der Waals surface area contributed by atoms with Gasteiger partial charge in [0.2, 0.25) is 0 Å². The molecule has 0 bridgehead atoms. The SMILES string of the molecule is COc1ccc(-c2n[nH]c(CC(=O)O)n2)cc1. The van der Waals surface area contributed by atoms with E-state index in [4.69, 9.17) is 9.84 Å². The van der Waals surface area contributed by atoms with Crippen molar-refractivity contribution in [2.45, 2.75) is 6.42 Å². The molecule has 1 aromatic carbocycles. The van der Waals surface area contributed by atoms with Crippen LogP contribution in [-0.2, 0) is 11.2 Å². The fraction of sp³-hybridized carbons (Fsp3) is 0.182. The van der Waals surface area contributed by atoms with E-state index in [2.05, 4.69) is 15.2 Å². The van der Waals surface area contributed by atoms with Gasteiger partial charge in [0.1, 0.15) is 18.0 Å². The van der Waals surface area contributed by atoms with Crippen molar-refractivity contribution in [1.82, 2.24) is 15.2 Å². The Labute approximate surface area is 97.3 Å². The zero-order chi connectivity index (χ0) is 12.3. The van der Waals surface area contributed by atoms with Gasteiger partial charge in [-0.05, 0) is 24.3 Å². The summed E-state index contributed by atoms with van der Waals surface area (Å²) in [6.45, 7) is 0. The minimum absolute atomic E-state index is 0.164. The molecule has 0 amide bonds. The number of H-pyrrole nitrogens is 1. The highest BCUT2D eigenvalue weighted by Crippen LogP contribution is 2.18. The molecular formula is C11H11N3O3. The predicted molar refractivity (Wildman–Crippen MR) is 59.7 cm³/mol. The molecule has 0 spiro atoms. The number of ether oxygens (including phenoxy) is 1.